The van der Waals surface area contributed by atoms with Gasteiger partial charge >= 0.3 is 5.82 Å². The Kier molecular flexibility index (Phi) is 3.89. The summed E-state index contributed by atoms with van der Waals surface area (Å²) in [6.45, 7) is 5.25. The Balaban J connectivity index is 3.16. The van der Waals surface area contributed by atoms with E-state index in [9.17, 15) is 14.9 Å². The third-order valence-corrected chi connectivity index (χ3v) is 2.74. The first-order chi connectivity index (χ1) is 8.25. The molecule has 8 nitrogen and oxygen atoms in total. The fourth-order valence-electron chi connectivity index (χ4n) is 1.60. The maximum atomic E-state index is 11.3. The van der Waals surface area contributed by atoms with Crippen LogP contribution in [0.4, 0.5) is 11.6 Å². The number of nitro groups is 1. The van der Waals surface area contributed by atoms with Gasteiger partial charge in [-0.1, -0.05) is 13.8 Å². The Morgan fingerprint density at radius 2 is 2.11 bits per heavy atom. The van der Waals surface area contributed by atoms with Crippen LogP contribution < -0.4 is 11.1 Å². The van der Waals surface area contributed by atoms with E-state index in [-0.39, 0.29) is 17.6 Å². The van der Waals surface area contributed by atoms with Crippen LogP contribution in [-0.4, -0.2) is 26.4 Å². The highest BCUT2D eigenvalue weighted by atomic mass is 16.6. The van der Waals surface area contributed by atoms with E-state index in [2.05, 4.69) is 10.3 Å². The topological polar surface area (TPSA) is 116 Å². The van der Waals surface area contributed by atoms with Gasteiger partial charge in [0.15, 0.2) is 0 Å². The molecule has 0 saturated heterocycles. The molecule has 3 N–H and O–H groups in total. The lowest BCUT2D eigenvalue weighted by Crippen LogP contribution is -2.40. The molecule has 0 bridgehead atoms. The summed E-state index contributed by atoms with van der Waals surface area (Å²) in [5.74, 6) is -0.275. The van der Waals surface area contributed by atoms with Gasteiger partial charge in [0.05, 0.1) is 0 Å². The molecule has 0 fully saturated rings. The van der Waals surface area contributed by atoms with Crippen molar-refractivity contribution in [1.29, 1.82) is 0 Å². The summed E-state index contributed by atoms with van der Waals surface area (Å²) in [6, 6.07) is -0.682. The molecule has 1 aromatic heterocycles. The van der Waals surface area contributed by atoms with Gasteiger partial charge in [0.1, 0.15) is 6.04 Å². The van der Waals surface area contributed by atoms with Gasteiger partial charge in [0.25, 0.3) is 0 Å². The van der Waals surface area contributed by atoms with E-state index in [1.54, 1.807) is 27.8 Å². The van der Waals surface area contributed by atoms with Crippen molar-refractivity contribution >= 4 is 17.5 Å². The third kappa shape index (κ3) is 2.58. The van der Waals surface area contributed by atoms with Crippen molar-refractivity contribution in [2.75, 3.05) is 5.32 Å². The number of nitrogens with one attached hydrogen (secondary N) is 1. The summed E-state index contributed by atoms with van der Waals surface area (Å²) in [7, 11) is 1.63. The molecule has 1 unspecified atom stereocenters. The molecule has 0 saturated carbocycles. The number of hydrogen-bond donors (Lipinski definition) is 2. The predicted molar refractivity (Wildman–Crippen MR) is 66.0 cm³/mol. The number of imidazole rings is 1. The zero-order chi connectivity index (χ0) is 14.0. The molecule has 0 aliphatic carbocycles. The number of nitrogens with two attached hydrogens (primary N) is 1. The molecule has 0 aliphatic heterocycles. The second kappa shape index (κ2) is 5.03. The van der Waals surface area contributed by atoms with Gasteiger partial charge in [0.2, 0.25) is 17.5 Å². The molecule has 0 aromatic carbocycles. The first-order valence-corrected chi connectivity index (χ1v) is 5.49. The van der Waals surface area contributed by atoms with Gasteiger partial charge in [-0.3, -0.25) is 9.36 Å². The Morgan fingerprint density at radius 3 is 2.50 bits per heavy atom. The molecule has 1 atom stereocenters. The number of primary amides is 1. The monoisotopic (exact) mass is 255 g/mol. The summed E-state index contributed by atoms with van der Waals surface area (Å²) < 4.78 is 1.52. The predicted octanol–water partition coefficient (Wildman–Crippen LogP) is 0.559. The van der Waals surface area contributed by atoms with E-state index in [0.29, 0.717) is 5.82 Å². The van der Waals surface area contributed by atoms with E-state index < -0.39 is 16.9 Å². The molecular weight excluding hydrogens is 238 g/mol. The first kappa shape index (κ1) is 13.9. The lowest BCUT2D eigenvalue weighted by atomic mass is 10.0. The Labute approximate surface area is 104 Å². The van der Waals surface area contributed by atoms with Crippen molar-refractivity contribution in [2.24, 2.45) is 18.7 Å². The van der Waals surface area contributed by atoms with E-state index >= 15 is 0 Å². The molecule has 8 heteroatoms. The highest BCUT2D eigenvalue weighted by molar-refractivity contribution is 5.83. The van der Waals surface area contributed by atoms with Crippen LogP contribution in [0.2, 0.25) is 0 Å². The van der Waals surface area contributed by atoms with Crippen LogP contribution in [0, 0.1) is 23.0 Å². The zero-order valence-electron chi connectivity index (χ0n) is 10.8. The SMILES string of the molecule is Cc1nc([N+](=O)[O-])c(NC(C(N)=O)C(C)C)n1C. The lowest BCUT2D eigenvalue weighted by Gasteiger charge is -2.19. The van der Waals surface area contributed by atoms with E-state index in [1.165, 1.54) is 4.57 Å². The summed E-state index contributed by atoms with van der Waals surface area (Å²) >= 11 is 0. The number of hydrogen-bond acceptors (Lipinski definition) is 5. The summed E-state index contributed by atoms with van der Waals surface area (Å²) in [5, 5.41) is 13.7. The Hall–Kier alpha value is -2.12. The summed E-state index contributed by atoms with van der Waals surface area (Å²) in [6.07, 6.45) is 0. The number of rotatable bonds is 5. The van der Waals surface area contributed by atoms with Crippen molar-refractivity contribution in [2.45, 2.75) is 26.8 Å². The number of carbonyl (C=O) groups is 1. The Morgan fingerprint density at radius 1 is 1.56 bits per heavy atom. The number of aromatic nitrogens is 2. The van der Waals surface area contributed by atoms with Crippen LogP contribution in [-0.2, 0) is 11.8 Å². The fourth-order valence-corrected chi connectivity index (χ4v) is 1.60. The molecule has 0 aliphatic rings. The van der Waals surface area contributed by atoms with Crippen LogP contribution in [0.5, 0.6) is 0 Å². The lowest BCUT2D eigenvalue weighted by molar-refractivity contribution is -0.388. The molecule has 0 spiro atoms. The van der Waals surface area contributed by atoms with Gasteiger partial charge in [-0.2, -0.15) is 0 Å². The number of carbonyl (C=O) groups excluding carboxylic acids is 1. The third-order valence-electron chi connectivity index (χ3n) is 2.74. The van der Waals surface area contributed by atoms with E-state index in [0.717, 1.165) is 0 Å². The van der Waals surface area contributed by atoms with Crippen molar-refractivity contribution in [1.82, 2.24) is 9.55 Å². The molecule has 18 heavy (non-hydrogen) atoms. The molecule has 100 valence electrons. The van der Waals surface area contributed by atoms with Crippen LogP contribution >= 0.6 is 0 Å². The smallest absolute Gasteiger partial charge is 0.368 e. The maximum Gasteiger partial charge on any atom is 0.406 e. The van der Waals surface area contributed by atoms with Crippen LogP contribution in [0.1, 0.15) is 19.7 Å². The van der Waals surface area contributed by atoms with E-state index in [4.69, 9.17) is 5.73 Å². The molecule has 0 radical (unpaired) electrons. The number of nitrogens with zero attached hydrogens (tertiary/aromatic N) is 3. The quantitative estimate of drug-likeness (QED) is 0.589. The second-order valence-corrected chi connectivity index (χ2v) is 4.42. The van der Waals surface area contributed by atoms with Crippen molar-refractivity contribution < 1.29 is 9.72 Å². The zero-order valence-corrected chi connectivity index (χ0v) is 10.8. The van der Waals surface area contributed by atoms with Gasteiger partial charge in [-0.25, -0.2) is 0 Å². The van der Waals surface area contributed by atoms with Crippen LogP contribution in [0.15, 0.2) is 0 Å². The number of amides is 1. The van der Waals surface area contributed by atoms with Crippen molar-refractivity contribution in [3.8, 4) is 0 Å². The average molecular weight is 255 g/mol. The molecule has 1 heterocycles. The van der Waals surface area contributed by atoms with Gasteiger partial charge in [-0.05, 0) is 15.8 Å². The van der Waals surface area contributed by atoms with Gasteiger partial charge < -0.3 is 21.2 Å². The fraction of sp³-hybridized carbons (Fsp3) is 0.600. The van der Waals surface area contributed by atoms with Crippen molar-refractivity contribution in [3.05, 3.63) is 15.9 Å². The van der Waals surface area contributed by atoms with Gasteiger partial charge in [-0.15, -0.1) is 0 Å². The highest BCUT2D eigenvalue weighted by Gasteiger charge is 2.28. The van der Waals surface area contributed by atoms with E-state index in [1.807, 2.05) is 0 Å². The maximum absolute atomic E-state index is 11.3. The van der Waals surface area contributed by atoms with Gasteiger partial charge in [0, 0.05) is 14.0 Å². The van der Waals surface area contributed by atoms with Crippen LogP contribution in [0.25, 0.3) is 0 Å². The van der Waals surface area contributed by atoms with Crippen molar-refractivity contribution in [3.63, 3.8) is 0 Å². The minimum absolute atomic E-state index is 0.0858. The first-order valence-electron chi connectivity index (χ1n) is 5.49. The largest absolute Gasteiger partial charge is 0.406 e. The Bertz CT molecular complexity index is 480. The molecule has 1 aromatic rings. The minimum atomic E-state index is -0.682. The normalized spacial score (nSPS) is 12.5. The second-order valence-electron chi connectivity index (χ2n) is 4.42. The highest BCUT2D eigenvalue weighted by Crippen LogP contribution is 2.25. The summed E-state index contributed by atoms with van der Waals surface area (Å²) in [5.41, 5.74) is 5.27. The molecular formula is C10H17N5O3. The number of anilines is 1. The van der Waals surface area contributed by atoms with Crippen LogP contribution in [0.3, 0.4) is 0 Å². The minimum Gasteiger partial charge on any atom is -0.368 e. The molecule has 1 rings (SSSR count). The summed E-state index contributed by atoms with van der Waals surface area (Å²) in [4.78, 5) is 25.4. The average Bonchev–Trinajstić information content (AvgIpc) is 2.52. The number of aryl methyl sites for hydroxylation is 1. The molecule has 1 amide bonds. The standard InChI is InChI=1S/C10H17N5O3/c1-5(2)7(8(11)16)13-9-10(15(17)18)12-6(3)14(9)4/h5,7,13H,1-4H3,(H2,11,16).